The zero-order valence-corrected chi connectivity index (χ0v) is 24.0. The van der Waals surface area contributed by atoms with E-state index in [4.69, 9.17) is 0 Å². The Morgan fingerprint density at radius 2 is 1.19 bits per heavy atom. The van der Waals surface area contributed by atoms with Crippen molar-refractivity contribution in [1.82, 2.24) is 30.0 Å². The standard InChI is InChI=1S/C36H38N6/c1-5-14-30(15-6-1)16-13-24-40-26-28-41(29-27-40)35(33-21-11-4-12-22-33)36-37-38-39-42(36)25-23-34(31-17-7-2-8-18-31)32-19-9-3-10-20-32/h1-22,34-35H,23-29H2/t35-/m1/s1. The zero-order valence-electron chi connectivity index (χ0n) is 24.0. The average molecular weight is 555 g/mol. The van der Waals surface area contributed by atoms with E-state index in [2.05, 4.69) is 159 Å². The highest BCUT2D eigenvalue weighted by Gasteiger charge is 2.30. The van der Waals surface area contributed by atoms with E-state index in [1.807, 2.05) is 4.68 Å². The van der Waals surface area contributed by atoms with Gasteiger partial charge in [-0.2, -0.15) is 0 Å². The highest BCUT2D eigenvalue weighted by Crippen LogP contribution is 2.31. The van der Waals surface area contributed by atoms with Crippen LogP contribution in [-0.2, 0) is 6.54 Å². The van der Waals surface area contributed by atoms with Gasteiger partial charge in [-0.3, -0.25) is 9.80 Å². The third-order valence-electron chi connectivity index (χ3n) is 8.20. The molecule has 6 heteroatoms. The van der Waals surface area contributed by atoms with Gasteiger partial charge in [-0.05, 0) is 39.1 Å². The molecule has 1 fully saturated rings. The van der Waals surface area contributed by atoms with Crippen molar-refractivity contribution in [2.45, 2.75) is 24.9 Å². The molecule has 0 N–H and O–H groups in total. The van der Waals surface area contributed by atoms with Gasteiger partial charge in [-0.1, -0.05) is 133 Å². The predicted octanol–water partition coefficient (Wildman–Crippen LogP) is 6.32. The van der Waals surface area contributed by atoms with Crippen molar-refractivity contribution in [1.29, 1.82) is 0 Å². The van der Waals surface area contributed by atoms with Crippen LogP contribution in [0.2, 0.25) is 0 Å². The van der Waals surface area contributed by atoms with E-state index in [1.165, 1.54) is 22.3 Å². The molecule has 6 rings (SSSR count). The van der Waals surface area contributed by atoms with Gasteiger partial charge in [0.2, 0.25) is 0 Å². The minimum absolute atomic E-state index is 0.00936. The van der Waals surface area contributed by atoms with E-state index in [0.29, 0.717) is 0 Å². The number of rotatable bonds is 11. The van der Waals surface area contributed by atoms with E-state index in [1.54, 1.807) is 0 Å². The summed E-state index contributed by atoms with van der Waals surface area (Å²) in [5, 5.41) is 13.3. The third kappa shape index (κ3) is 6.90. The monoisotopic (exact) mass is 554 g/mol. The second-order valence-electron chi connectivity index (χ2n) is 10.9. The van der Waals surface area contributed by atoms with Crippen molar-refractivity contribution in [3.63, 3.8) is 0 Å². The fraction of sp³-hybridized carbons (Fsp3) is 0.250. The number of piperazine rings is 1. The molecule has 1 aliphatic heterocycles. The van der Waals surface area contributed by atoms with Gasteiger partial charge in [0, 0.05) is 45.2 Å². The number of nitrogens with zero attached hydrogens (tertiary/aromatic N) is 6. The maximum atomic E-state index is 4.63. The first kappa shape index (κ1) is 27.8. The Balaban J connectivity index is 1.18. The molecule has 0 bridgehead atoms. The molecule has 212 valence electrons. The Morgan fingerprint density at radius 1 is 0.643 bits per heavy atom. The lowest BCUT2D eigenvalue weighted by Crippen LogP contribution is -2.48. The predicted molar refractivity (Wildman–Crippen MR) is 169 cm³/mol. The number of tetrazole rings is 1. The van der Waals surface area contributed by atoms with Crippen LogP contribution in [0.15, 0.2) is 127 Å². The quantitative estimate of drug-likeness (QED) is 0.191. The lowest BCUT2D eigenvalue weighted by molar-refractivity contribution is 0.112. The summed E-state index contributed by atoms with van der Waals surface area (Å²) in [6, 6.07) is 42.8. The summed E-state index contributed by atoms with van der Waals surface area (Å²) >= 11 is 0. The average Bonchev–Trinajstić information content (AvgIpc) is 3.52. The van der Waals surface area contributed by atoms with Crippen LogP contribution in [-0.4, -0.2) is 62.7 Å². The number of aromatic nitrogens is 4. The highest BCUT2D eigenvalue weighted by molar-refractivity contribution is 5.48. The summed E-state index contributed by atoms with van der Waals surface area (Å²) in [5.41, 5.74) is 5.10. The highest BCUT2D eigenvalue weighted by atomic mass is 15.6. The maximum absolute atomic E-state index is 4.63. The molecule has 0 amide bonds. The molecule has 5 aromatic rings. The van der Waals surface area contributed by atoms with Crippen molar-refractivity contribution in [3.8, 4) is 0 Å². The van der Waals surface area contributed by atoms with E-state index in [0.717, 1.165) is 51.5 Å². The van der Waals surface area contributed by atoms with Gasteiger partial charge in [0.05, 0.1) is 6.04 Å². The minimum Gasteiger partial charge on any atom is -0.297 e. The van der Waals surface area contributed by atoms with Crippen molar-refractivity contribution in [2.24, 2.45) is 0 Å². The van der Waals surface area contributed by atoms with Gasteiger partial charge in [-0.25, -0.2) is 4.68 Å². The SMILES string of the molecule is C(=Cc1ccccc1)CN1CCN([C@H](c2ccccc2)c2nnnn2CCC(c2ccccc2)c2ccccc2)CC1. The van der Waals surface area contributed by atoms with Crippen LogP contribution < -0.4 is 0 Å². The van der Waals surface area contributed by atoms with Crippen molar-refractivity contribution in [2.75, 3.05) is 32.7 Å². The fourth-order valence-electron chi connectivity index (χ4n) is 5.98. The molecule has 1 aliphatic rings. The molecule has 1 saturated heterocycles. The van der Waals surface area contributed by atoms with Crippen LogP contribution in [0.25, 0.3) is 6.08 Å². The maximum Gasteiger partial charge on any atom is 0.173 e. The molecule has 0 spiro atoms. The van der Waals surface area contributed by atoms with Crippen LogP contribution in [0.3, 0.4) is 0 Å². The first-order valence-corrected chi connectivity index (χ1v) is 14.9. The molecular weight excluding hydrogens is 516 g/mol. The first-order valence-electron chi connectivity index (χ1n) is 14.9. The molecule has 0 radical (unpaired) electrons. The Labute approximate surface area is 248 Å². The van der Waals surface area contributed by atoms with Gasteiger partial charge < -0.3 is 0 Å². The van der Waals surface area contributed by atoms with E-state index >= 15 is 0 Å². The Hall–Kier alpha value is -4.39. The molecule has 2 heterocycles. The molecule has 42 heavy (non-hydrogen) atoms. The Kier molecular flexibility index (Phi) is 9.25. The van der Waals surface area contributed by atoms with Crippen molar-refractivity contribution >= 4 is 6.08 Å². The first-order chi connectivity index (χ1) is 20.8. The molecule has 0 aliphatic carbocycles. The van der Waals surface area contributed by atoms with Gasteiger partial charge in [0.1, 0.15) is 0 Å². The number of hydrogen-bond donors (Lipinski definition) is 0. The van der Waals surface area contributed by atoms with Crippen molar-refractivity contribution < 1.29 is 0 Å². The largest absolute Gasteiger partial charge is 0.297 e. The molecule has 1 atom stereocenters. The molecule has 0 saturated carbocycles. The van der Waals surface area contributed by atoms with Crippen LogP contribution in [0.5, 0.6) is 0 Å². The summed E-state index contributed by atoms with van der Waals surface area (Å²) in [6.45, 7) is 5.63. The van der Waals surface area contributed by atoms with Gasteiger partial charge in [0.25, 0.3) is 0 Å². The summed E-state index contributed by atoms with van der Waals surface area (Å²) in [5.74, 6) is 1.19. The molecular formula is C36H38N6. The van der Waals surface area contributed by atoms with Crippen LogP contribution in [0, 0.1) is 0 Å². The van der Waals surface area contributed by atoms with Gasteiger partial charge in [0.15, 0.2) is 5.82 Å². The topological polar surface area (TPSA) is 50.1 Å². The normalized spacial score (nSPS) is 15.4. The second-order valence-corrected chi connectivity index (χ2v) is 10.9. The van der Waals surface area contributed by atoms with E-state index in [9.17, 15) is 0 Å². The lowest BCUT2D eigenvalue weighted by Gasteiger charge is -2.38. The molecule has 4 aromatic carbocycles. The lowest BCUT2D eigenvalue weighted by atomic mass is 9.88. The Morgan fingerprint density at radius 3 is 1.79 bits per heavy atom. The summed E-state index contributed by atoms with van der Waals surface area (Å²) in [7, 11) is 0. The minimum atomic E-state index is 0.00936. The van der Waals surface area contributed by atoms with E-state index in [-0.39, 0.29) is 12.0 Å². The number of hydrogen-bond acceptors (Lipinski definition) is 5. The third-order valence-corrected chi connectivity index (χ3v) is 8.20. The molecule has 1 aromatic heterocycles. The summed E-state index contributed by atoms with van der Waals surface area (Å²) in [4.78, 5) is 5.06. The second kappa shape index (κ2) is 14.0. The van der Waals surface area contributed by atoms with E-state index < -0.39 is 0 Å². The van der Waals surface area contributed by atoms with Crippen LogP contribution >= 0.6 is 0 Å². The fourth-order valence-corrected chi connectivity index (χ4v) is 5.98. The van der Waals surface area contributed by atoms with Gasteiger partial charge >= 0.3 is 0 Å². The van der Waals surface area contributed by atoms with Gasteiger partial charge in [-0.15, -0.1) is 5.10 Å². The Bertz CT molecular complexity index is 1470. The summed E-state index contributed by atoms with van der Waals surface area (Å²) < 4.78 is 2.03. The number of benzene rings is 4. The molecule has 6 nitrogen and oxygen atoms in total. The smallest absolute Gasteiger partial charge is 0.173 e. The van der Waals surface area contributed by atoms with Crippen LogP contribution in [0.1, 0.15) is 46.5 Å². The molecule has 0 unspecified atom stereocenters. The summed E-state index contributed by atoms with van der Waals surface area (Å²) in [6.07, 6.45) is 5.40. The van der Waals surface area contributed by atoms with Crippen LogP contribution in [0.4, 0.5) is 0 Å². The number of aryl methyl sites for hydroxylation is 1. The zero-order chi connectivity index (χ0) is 28.4. The van der Waals surface area contributed by atoms with Crippen molar-refractivity contribution in [3.05, 3.63) is 155 Å².